The minimum Gasteiger partial charge on any atom is -0.492 e. The second kappa shape index (κ2) is 9.08. The predicted molar refractivity (Wildman–Crippen MR) is 102 cm³/mol. The number of hydrogen-bond acceptors (Lipinski definition) is 5. The van der Waals surface area contributed by atoms with Crippen LogP contribution in [0.3, 0.4) is 0 Å². The third kappa shape index (κ3) is 5.11. The van der Waals surface area contributed by atoms with Gasteiger partial charge in [-0.05, 0) is 44.6 Å². The molecule has 2 unspecified atom stereocenters. The summed E-state index contributed by atoms with van der Waals surface area (Å²) in [4.78, 5) is 4.62. The van der Waals surface area contributed by atoms with Crippen molar-refractivity contribution in [1.29, 1.82) is 0 Å². The number of nitrogens with one attached hydrogen (secondary N) is 2. The third-order valence-electron chi connectivity index (χ3n) is 4.38. The molecule has 0 spiro atoms. The van der Waals surface area contributed by atoms with Crippen LogP contribution < -0.4 is 24.8 Å². The highest BCUT2D eigenvalue weighted by atomic mass is 32.2. The van der Waals surface area contributed by atoms with Crippen molar-refractivity contribution >= 4 is 17.7 Å². The van der Waals surface area contributed by atoms with Crippen molar-refractivity contribution in [2.24, 2.45) is 4.99 Å². The number of guanidine groups is 1. The lowest BCUT2D eigenvalue weighted by atomic mass is 10.2. The number of nitrogens with zero attached hydrogens (tertiary/aromatic N) is 1. The molecule has 1 fully saturated rings. The first-order chi connectivity index (χ1) is 12.3. The minimum atomic E-state index is 0.277. The van der Waals surface area contributed by atoms with Crippen LogP contribution in [0, 0.1) is 0 Å². The fourth-order valence-corrected chi connectivity index (χ4v) is 3.88. The van der Waals surface area contributed by atoms with Crippen LogP contribution in [0.25, 0.3) is 0 Å². The van der Waals surface area contributed by atoms with Crippen molar-refractivity contribution in [3.05, 3.63) is 18.2 Å². The van der Waals surface area contributed by atoms with E-state index >= 15 is 0 Å². The summed E-state index contributed by atoms with van der Waals surface area (Å²) in [7, 11) is 0. The van der Waals surface area contributed by atoms with Crippen LogP contribution in [0.15, 0.2) is 23.2 Å². The van der Waals surface area contributed by atoms with Gasteiger partial charge in [0.2, 0.25) is 6.79 Å². The molecule has 0 aromatic heterocycles. The van der Waals surface area contributed by atoms with Gasteiger partial charge < -0.3 is 24.8 Å². The van der Waals surface area contributed by atoms with Crippen LogP contribution in [0.1, 0.15) is 26.2 Å². The average Bonchev–Trinajstić information content (AvgIpc) is 3.27. The van der Waals surface area contributed by atoms with E-state index < -0.39 is 0 Å². The molecule has 3 rings (SSSR count). The standard InChI is InChI=1S/C18H27N3O3S/c1-3-19-18(21-13-4-6-15(10-13)25-2)20-8-9-22-14-5-7-16-17(11-14)24-12-23-16/h5,7,11,13,15H,3-4,6,8-10,12H2,1-2H3,(H2,19,20,21). The molecular formula is C18H27N3O3S. The van der Waals surface area contributed by atoms with E-state index in [1.54, 1.807) is 0 Å². The summed E-state index contributed by atoms with van der Waals surface area (Å²) in [5.74, 6) is 3.16. The predicted octanol–water partition coefficient (Wildman–Crippen LogP) is 2.63. The summed E-state index contributed by atoms with van der Waals surface area (Å²) < 4.78 is 16.4. The monoisotopic (exact) mass is 365 g/mol. The third-order valence-corrected chi connectivity index (χ3v) is 5.47. The molecule has 7 heteroatoms. The summed E-state index contributed by atoms with van der Waals surface area (Å²) in [5.41, 5.74) is 0. The normalized spacial score (nSPS) is 22.1. The van der Waals surface area contributed by atoms with E-state index in [1.165, 1.54) is 19.3 Å². The van der Waals surface area contributed by atoms with Gasteiger partial charge in [-0.15, -0.1) is 0 Å². The van der Waals surface area contributed by atoms with E-state index in [9.17, 15) is 0 Å². The molecule has 2 aliphatic rings. The molecule has 2 N–H and O–H groups in total. The Hall–Kier alpha value is -1.76. The number of aliphatic imine (C=N–C) groups is 1. The van der Waals surface area contributed by atoms with Crippen LogP contribution >= 0.6 is 11.8 Å². The molecule has 1 aromatic carbocycles. The van der Waals surface area contributed by atoms with Gasteiger partial charge in [-0.2, -0.15) is 11.8 Å². The van der Waals surface area contributed by atoms with E-state index in [0.29, 0.717) is 19.2 Å². The molecule has 2 atom stereocenters. The summed E-state index contributed by atoms with van der Waals surface area (Å²) in [6.45, 7) is 4.34. The fourth-order valence-electron chi connectivity index (χ4n) is 3.09. The average molecular weight is 365 g/mol. The molecule has 1 aliphatic carbocycles. The van der Waals surface area contributed by atoms with Crippen LogP contribution in [0.5, 0.6) is 17.2 Å². The molecular weight excluding hydrogens is 338 g/mol. The molecule has 6 nitrogen and oxygen atoms in total. The van der Waals surface area contributed by atoms with Crippen molar-refractivity contribution < 1.29 is 14.2 Å². The highest BCUT2D eigenvalue weighted by Gasteiger charge is 2.24. The van der Waals surface area contributed by atoms with E-state index in [0.717, 1.165) is 35.0 Å². The molecule has 1 saturated carbocycles. The Morgan fingerprint density at radius 3 is 3.00 bits per heavy atom. The molecule has 138 valence electrons. The van der Waals surface area contributed by atoms with Crippen molar-refractivity contribution in [3.8, 4) is 17.2 Å². The maximum Gasteiger partial charge on any atom is 0.231 e. The first-order valence-electron chi connectivity index (χ1n) is 8.88. The van der Waals surface area contributed by atoms with Crippen molar-refractivity contribution in [2.75, 3.05) is 32.7 Å². The van der Waals surface area contributed by atoms with Crippen molar-refractivity contribution in [3.63, 3.8) is 0 Å². The highest BCUT2D eigenvalue weighted by molar-refractivity contribution is 7.99. The van der Waals surface area contributed by atoms with Gasteiger partial charge in [0.25, 0.3) is 0 Å². The van der Waals surface area contributed by atoms with E-state index in [4.69, 9.17) is 14.2 Å². The summed E-state index contributed by atoms with van der Waals surface area (Å²) >= 11 is 1.96. The van der Waals surface area contributed by atoms with Gasteiger partial charge >= 0.3 is 0 Å². The van der Waals surface area contributed by atoms with E-state index in [2.05, 4.69) is 28.8 Å². The Bertz CT molecular complexity index is 597. The van der Waals surface area contributed by atoms with Gasteiger partial charge in [-0.25, -0.2) is 4.99 Å². The number of ether oxygens (including phenoxy) is 3. The van der Waals surface area contributed by atoms with E-state index in [-0.39, 0.29) is 6.79 Å². The number of hydrogen-bond donors (Lipinski definition) is 2. The van der Waals surface area contributed by atoms with Gasteiger partial charge in [-0.1, -0.05) is 0 Å². The SMILES string of the molecule is CCNC(=NCCOc1ccc2c(c1)OCO2)NC1CCC(SC)C1. The minimum absolute atomic E-state index is 0.277. The quantitative estimate of drug-likeness (QED) is 0.440. The van der Waals surface area contributed by atoms with Gasteiger partial charge in [0, 0.05) is 23.9 Å². The Balaban J connectivity index is 1.45. The number of fused-ring (bicyclic) bond motifs is 1. The van der Waals surface area contributed by atoms with Gasteiger partial charge in [0.1, 0.15) is 12.4 Å². The molecule has 1 aromatic rings. The topological polar surface area (TPSA) is 64.1 Å². The second-order valence-electron chi connectivity index (χ2n) is 6.14. The lowest BCUT2D eigenvalue weighted by molar-refractivity contribution is 0.174. The molecule has 25 heavy (non-hydrogen) atoms. The second-order valence-corrected chi connectivity index (χ2v) is 7.27. The Kier molecular flexibility index (Phi) is 6.55. The van der Waals surface area contributed by atoms with Gasteiger partial charge in [0.15, 0.2) is 17.5 Å². The largest absolute Gasteiger partial charge is 0.492 e. The van der Waals surface area contributed by atoms with Crippen molar-refractivity contribution in [2.45, 2.75) is 37.5 Å². The van der Waals surface area contributed by atoms with Crippen LogP contribution in [-0.4, -0.2) is 50.0 Å². The lowest BCUT2D eigenvalue weighted by Gasteiger charge is -2.17. The molecule has 0 bridgehead atoms. The molecule has 0 amide bonds. The zero-order valence-electron chi connectivity index (χ0n) is 14.9. The smallest absolute Gasteiger partial charge is 0.231 e. The molecule has 1 aliphatic heterocycles. The highest BCUT2D eigenvalue weighted by Crippen LogP contribution is 2.35. The maximum atomic E-state index is 5.76. The summed E-state index contributed by atoms with van der Waals surface area (Å²) in [5, 5.41) is 7.64. The maximum absolute atomic E-state index is 5.76. The van der Waals surface area contributed by atoms with E-state index in [1.807, 2.05) is 30.0 Å². The lowest BCUT2D eigenvalue weighted by Crippen LogP contribution is -2.42. The Labute approximate surface area is 153 Å². The summed E-state index contributed by atoms with van der Waals surface area (Å²) in [6.07, 6.45) is 5.90. The van der Waals surface area contributed by atoms with Crippen LogP contribution in [-0.2, 0) is 0 Å². The summed E-state index contributed by atoms with van der Waals surface area (Å²) in [6, 6.07) is 6.14. The molecule has 1 heterocycles. The fraction of sp³-hybridized carbons (Fsp3) is 0.611. The Morgan fingerprint density at radius 2 is 2.20 bits per heavy atom. The van der Waals surface area contributed by atoms with Crippen molar-refractivity contribution in [1.82, 2.24) is 10.6 Å². The van der Waals surface area contributed by atoms with Gasteiger partial charge in [0.05, 0.1) is 6.54 Å². The first-order valence-corrected chi connectivity index (χ1v) is 10.2. The van der Waals surface area contributed by atoms with Crippen LogP contribution in [0.4, 0.5) is 0 Å². The molecule has 0 saturated heterocycles. The number of thioether (sulfide) groups is 1. The van der Waals surface area contributed by atoms with Gasteiger partial charge in [-0.3, -0.25) is 0 Å². The Morgan fingerprint density at radius 1 is 1.32 bits per heavy atom. The molecule has 0 radical (unpaired) electrons. The zero-order chi connectivity index (χ0) is 17.5. The van der Waals surface area contributed by atoms with Crippen LogP contribution in [0.2, 0.25) is 0 Å². The number of rotatable bonds is 7. The number of benzene rings is 1. The zero-order valence-corrected chi connectivity index (χ0v) is 15.7. The first kappa shape index (κ1) is 18.0.